The minimum Gasteiger partial charge on any atom is -0.377 e. The molecule has 2 nitrogen and oxygen atoms in total. The van der Waals surface area contributed by atoms with Crippen LogP contribution in [-0.4, -0.2) is 31.2 Å². The maximum Gasteiger partial charge on any atom is 0.0596 e. The van der Waals surface area contributed by atoms with Crippen LogP contribution in [0.25, 0.3) is 0 Å². The van der Waals surface area contributed by atoms with E-state index in [9.17, 15) is 0 Å². The average molecular weight is 242 g/mol. The monoisotopic (exact) mass is 241 g/mol. The first-order valence-corrected chi connectivity index (χ1v) is 6.01. The number of ether oxygens (including phenoxy) is 1. The van der Waals surface area contributed by atoms with Crippen LogP contribution in [0.3, 0.4) is 0 Å². The lowest BCUT2D eigenvalue weighted by Gasteiger charge is -2.18. The quantitative estimate of drug-likeness (QED) is 0.759. The Morgan fingerprint density at radius 2 is 2.00 bits per heavy atom. The van der Waals surface area contributed by atoms with Crippen molar-refractivity contribution in [3.05, 3.63) is 34.9 Å². The molecule has 0 bridgehead atoms. The van der Waals surface area contributed by atoms with Crippen LogP contribution in [0.15, 0.2) is 24.3 Å². The summed E-state index contributed by atoms with van der Waals surface area (Å²) in [7, 11) is 2.08. The number of rotatable bonds is 6. The second kappa shape index (κ2) is 6.89. The summed E-state index contributed by atoms with van der Waals surface area (Å²) in [4.78, 5) is 2.21. The Bertz CT molecular complexity index is 315. The Morgan fingerprint density at radius 1 is 1.31 bits per heavy atom. The Morgan fingerprint density at radius 3 is 2.62 bits per heavy atom. The first kappa shape index (κ1) is 13.5. The molecule has 0 aliphatic rings. The molecule has 16 heavy (non-hydrogen) atoms. The van der Waals surface area contributed by atoms with Gasteiger partial charge in [0.05, 0.1) is 12.7 Å². The van der Waals surface area contributed by atoms with E-state index in [4.69, 9.17) is 16.3 Å². The van der Waals surface area contributed by atoms with Crippen LogP contribution in [0.1, 0.15) is 19.4 Å². The third-order valence-corrected chi connectivity index (χ3v) is 2.69. The number of benzene rings is 1. The molecule has 0 aromatic heterocycles. The lowest BCUT2D eigenvalue weighted by Crippen LogP contribution is -2.24. The summed E-state index contributed by atoms with van der Waals surface area (Å²) in [5.41, 5.74) is 1.16. The van der Waals surface area contributed by atoms with Crippen LogP contribution in [-0.2, 0) is 11.3 Å². The molecule has 1 aromatic carbocycles. The van der Waals surface area contributed by atoms with Gasteiger partial charge in [-0.15, -0.1) is 0 Å². The number of hydrogen-bond acceptors (Lipinski definition) is 2. The molecule has 90 valence electrons. The van der Waals surface area contributed by atoms with E-state index >= 15 is 0 Å². The van der Waals surface area contributed by atoms with Gasteiger partial charge in [-0.1, -0.05) is 29.8 Å². The van der Waals surface area contributed by atoms with Crippen molar-refractivity contribution in [2.45, 2.75) is 26.5 Å². The molecule has 0 amide bonds. The van der Waals surface area contributed by atoms with Gasteiger partial charge >= 0.3 is 0 Å². The van der Waals surface area contributed by atoms with Crippen LogP contribution in [0.2, 0.25) is 5.02 Å². The molecule has 0 spiro atoms. The van der Waals surface area contributed by atoms with Crippen molar-refractivity contribution in [1.82, 2.24) is 4.90 Å². The summed E-state index contributed by atoms with van der Waals surface area (Å²) in [6.07, 6.45) is 0.300. The van der Waals surface area contributed by atoms with Crippen LogP contribution in [0, 0.1) is 0 Å². The predicted molar refractivity (Wildman–Crippen MR) is 68.9 cm³/mol. The first-order valence-electron chi connectivity index (χ1n) is 5.63. The third kappa shape index (κ3) is 4.97. The van der Waals surface area contributed by atoms with Crippen molar-refractivity contribution in [3.8, 4) is 0 Å². The van der Waals surface area contributed by atoms with E-state index in [1.807, 2.05) is 32.0 Å². The number of halogens is 1. The molecule has 0 saturated carbocycles. The molecule has 0 fully saturated rings. The number of likely N-dealkylation sites (N-methyl/N-ethyl adjacent to an activating group) is 1. The minimum absolute atomic E-state index is 0.300. The molecule has 0 radical (unpaired) electrons. The molecular formula is C13H20ClNO. The Kier molecular flexibility index (Phi) is 5.81. The van der Waals surface area contributed by atoms with E-state index in [-0.39, 0.29) is 0 Å². The lowest BCUT2D eigenvalue weighted by molar-refractivity contribution is 0.0627. The second-order valence-electron chi connectivity index (χ2n) is 4.25. The summed E-state index contributed by atoms with van der Waals surface area (Å²) in [5.74, 6) is 0. The molecule has 0 atom stereocenters. The highest BCUT2D eigenvalue weighted by Crippen LogP contribution is 2.16. The molecular weight excluding hydrogens is 222 g/mol. The molecule has 0 aliphatic carbocycles. The van der Waals surface area contributed by atoms with Gasteiger partial charge in [0, 0.05) is 18.1 Å². The second-order valence-corrected chi connectivity index (χ2v) is 4.66. The van der Waals surface area contributed by atoms with Gasteiger partial charge in [-0.25, -0.2) is 0 Å². The molecule has 3 heteroatoms. The highest BCUT2D eigenvalue weighted by atomic mass is 35.5. The summed E-state index contributed by atoms with van der Waals surface area (Å²) in [6, 6.07) is 7.95. The van der Waals surface area contributed by atoms with Gasteiger partial charge in [-0.05, 0) is 32.5 Å². The normalized spacial score (nSPS) is 11.4. The fourth-order valence-corrected chi connectivity index (χ4v) is 1.64. The Labute approximate surface area is 103 Å². The van der Waals surface area contributed by atoms with Gasteiger partial charge < -0.3 is 4.74 Å². The standard InChI is InChI=1S/C13H20ClNO/c1-11(2)16-9-8-15(3)10-12-6-4-5-7-13(12)14/h4-7,11H,8-10H2,1-3H3. The summed E-state index contributed by atoms with van der Waals surface area (Å²) >= 11 is 6.09. The maximum absolute atomic E-state index is 6.09. The summed E-state index contributed by atoms with van der Waals surface area (Å²) < 4.78 is 5.51. The van der Waals surface area contributed by atoms with Crippen molar-refractivity contribution < 1.29 is 4.74 Å². The molecule has 1 aromatic rings. The van der Waals surface area contributed by atoms with Crippen LogP contribution >= 0.6 is 11.6 Å². The van der Waals surface area contributed by atoms with Crippen molar-refractivity contribution in [1.29, 1.82) is 0 Å². The molecule has 0 heterocycles. The minimum atomic E-state index is 0.300. The van der Waals surface area contributed by atoms with Crippen molar-refractivity contribution in [2.75, 3.05) is 20.2 Å². The molecule has 0 aliphatic heterocycles. The van der Waals surface area contributed by atoms with Gasteiger partial charge in [0.25, 0.3) is 0 Å². The van der Waals surface area contributed by atoms with Crippen molar-refractivity contribution >= 4 is 11.6 Å². The van der Waals surface area contributed by atoms with Gasteiger partial charge in [0.15, 0.2) is 0 Å². The largest absolute Gasteiger partial charge is 0.377 e. The van der Waals surface area contributed by atoms with E-state index in [0.717, 1.165) is 30.3 Å². The van der Waals surface area contributed by atoms with Crippen LogP contribution in [0.5, 0.6) is 0 Å². The van der Waals surface area contributed by atoms with Gasteiger partial charge in [0.1, 0.15) is 0 Å². The molecule has 0 saturated heterocycles. The third-order valence-electron chi connectivity index (χ3n) is 2.32. The zero-order chi connectivity index (χ0) is 12.0. The van der Waals surface area contributed by atoms with E-state index in [1.165, 1.54) is 0 Å². The highest BCUT2D eigenvalue weighted by molar-refractivity contribution is 6.31. The lowest BCUT2D eigenvalue weighted by atomic mass is 10.2. The van der Waals surface area contributed by atoms with Crippen molar-refractivity contribution in [2.24, 2.45) is 0 Å². The topological polar surface area (TPSA) is 12.5 Å². The van der Waals surface area contributed by atoms with E-state index in [0.29, 0.717) is 6.10 Å². The zero-order valence-corrected chi connectivity index (χ0v) is 11.0. The van der Waals surface area contributed by atoms with Crippen LogP contribution < -0.4 is 0 Å². The summed E-state index contributed by atoms with van der Waals surface area (Å²) in [5, 5.41) is 0.833. The van der Waals surface area contributed by atoms with E-state index in [2.05, 4.69) is 18.0 Å². The fourth-order valence-electron chi connectivity index (χ4n) is 1.44. The maximum atomic E-state index is 6.09. The smallest absolute Gasteiger partial charge is 0.0596 e. The predicted octanol–water partition coefficient (Wildman–Crippen LogP) is 3.20. The molecule has 1 rings (SSSR count). The van der Waals surface area contributed by atoms with E-state index < -0.39 is 0 Å². The Balaban J connectivity index is 2.34. The van der Waals surface area contributed by atoms with Gasteiger partial charge in [-0.2, -0.15) is 0 Å². The fraction of sp³-hybridized carbons (Fsp3) is 0.538. The van der Waals surface area contributed by atoms with Gasteiger partial charge in [-0.3, -0.25) is 4.90 Å². The summed E-state index contributed by atoms with van der Waals surface area (Å²) in [6.45, 7) is 6.64. The number of nitrogens with zero attached hydrogens (tertiary/aromatic N) is 1. The SMILES string of the molecule is CC(C)OCCN(C)Cc1ccccc1Cl. The van der Waals surface area contributed by atoms with Crippen LogP contribution in [0.4, 0.5) is 0 Å². The Hall–Kier alpha value is -0.570. The van der Waals surface area contributed by atoms with Crippen molar-refractivity contribution in [3.63, 3.8) is 0 Å². The molecule has 0 N–H and O–H groups in total. The van der Waals surface area contributed by atoms with Gasteiger partial charge in [0.2, 0.25) is 0 Å². The first-order chi connectivity index (χ1) is 7.59. The van der Waals surface area contributed by atoms with E-state index in [1.54, 1.807) is 0 Å². The zero-order valence-electron chi connectivity index (χ0n) is 10.2. The average Bonchev–Trinajstić information content (AvgIpc) is 2.21. The highest BCUT2D eigenvalue weighted by Gasteiger charge is 2.04. The number of hydrogen-bond donors (Lipinski definition) is 0. The molecule has 0 unspecified atom stereocenters.